The van der Waals surface area contributed by atoms with Gasteiger partial charge in [-0.15, -0.1) is 0 Å². The van der Waals surface area contributed by atoms with Gasteiger partial charge in [-0.3, -0.25) is 4.99 Å². The van der Waals surface area contributed by atoms with Crippen LogP contribution in [0.1, 0.15) is 6.92 Å². The van der Waals surface area contributed by atoms with Gasteiger partial charge in [-0.05, 0) is 6.92 Å². The largest absolute Gasteiger partial charge is 0.394 e. The molecule has 0 radical (unpaired) electrons. The third-order valence-corrected chi connectivity index (χ3v) is 1.33. The van der Waals surface area contributed by atoms with Gasteiger partial charge in [0, 0.05) is 7.05 Å². The van der Waals surface area contributed by atoms with Crippen LogP contribution in [0.5, 0.6) is 0 Å². The lowest BCUT2D eigenvalue weighted by Gasteiger charge is -1.93. The van der Waals surface area contributed by atoms with Crippen molar-refractivity contribution >= 4 is 16.8 Å². The van der Waals surface area contributed by atoms with Gasteiger partial charge in [0.2, 0.25) is 0 Å². The van der Waals surface area contributed by atoms with Crippen LogP contribution in [0.15, 0.2) is 16.6 Å². The van der Waals surface area contributed by atoms with Gasteiger partial charge >= 0.3 is 0 Å². The molecule has 0 bridgehead atoms. The highest BCUT2D eigenvalue weighted by atomic mass is 32.2. The van der Waals surface area contributed by atoms with Gasteiger partial charge in [0.15, 0.2) is 0 Å². The zero-order valence-corrected chi connectivity index (χ0v) is 5.96. The summed E-state index contributed by atoms with van der Waals surface area (Å²) >= 11 is 1.39. The van der Waals surface area contributed by atoms with Crippen molar-refractivity contribution in [3.63, 3.8) is 0 Å². The average Bonchev–Trinajstić information content (AvgIpc) is 1.65. The summed E-state index contributed by atoms with van der Waals surface area (Å²) in [5.74, 6) is 0. The van der Waals surface area contributed by atoms with Crippen LogP contribution in [-0.2, 0) is 0 Å². The lowest BCUT2D eigenvalue weighted by molar-refractivity contribution is 1.45. The Hall–Kier alpha value is -0.440. The van der Waals surface area contributed by atoms with Gasteiger partial charge in [0.25, 0.3) is 0 Å². The fourth-order valence-electron chi connectivity index (χ4n) is 0.235. The third-order valence-electron chi connectivity index (χ3n) is 0.594. The van der Waals surface area contributed by atoms with Crippen LogP contribution in [0.25, 0.3) is 0 Å². The summed E-state index contributed by atoms with van der Waals surface area (Å²) in [7, 11) is 1.73. The van der Waals surface area contributed by atoms with Crippen LogP contribution in [0, 0.1) is 0 Å². The third kappa shape index (κ3) is 3.74. The Kier molecular flexibility index (Phi) is 3.35. The fraction of sp³-hybridized carbons (Fsp3) is 0.400. The quantitative estimate of drug-likeness (QED) is 0.428. The average molecular weight is 130 g/mol. The van der Waals surface area contributed by atoms with Crippen molar-refractivity contribution in [2.45, 2.75) is 6.92 Å². The summed E-state index contributed by atoms with van der Waals surface area (Å²) < 4.78 is 0. The zero-order chi connectivity index (χ0) is 6.57. The van der Waals surface area contributed by atoms with E-state index in [1.807, 2.05) is 6.92 Å². The summed E-state index contributed by atoms with van der Waals surface area (Å²) in [4.78, 5) is 3.87. The highest BCUT2D eigenvalue weighted by Crippen LogP contribution is 2.07. The van der Waals surface area contributed by atoms with Crippen molar-refractivity contribution < 1.29 is 0 Å². The minimum atomic E-state index is 0.591. The van der Waals surface area contributed by atoms with Crippen molar-refractivity contribution in [1.82, 2.24) is 0 Å². The van der Waals surface area contributed by atoms with Gasteiger partial charge in [-0.25, -0.2) is 0 Å². The topological polar surface area (TPSA) is 38.4 Å². The Balaban J connectivity index is 3.56. The highest BCUT2D eigenvalue weighted by Gasteiger charge is 1.88. The molecule has 0 fully saturated rings. The molecule has 0 saturated heterocycles. The Labute approximate surface area is 53.9 Å². The Morgan fingerprint density at radius 3 is 2.38 bits per heavy atom. The molecule has 2 nitrogen and oxygen atoms in total. The molecule has 2 N–H and O–H groups in total. The molecular formula is C5H10N2S. The maximum atomic E-state index is 5.26. The second-order valence-electron chi connectivity index (χ2n) is 1.31. The molecule has 0 aliphatic carbocycles. The molecule has 0 atom stereocenters. The van der Waals surface area contributed by atoms with E-state index in [-0.39, 0.29) is 0 Å². The molecule has 0 saturated carbocycles. The molecule has 0 aromatic rings. The van der Waals surface area contributed by atoms with Crippen LogP contribution < -0.4 is 5.73 Å². The Morgan fingerprint density at radius 1 is 1.75 bits per heavy atom. The lowest BCUT2D eigenvalue weighted by Crippen LogP contribution is -1.92. The van der Waals surface area contributed by atoms with Gasteiger partial charge in [0.1, 0.15) is 0 Å². The predicted octanol–water partition coefficient (Wildman–Crippen LogP) is 1.20. The molecule has 0 amide bonds. The molecule has 8 heavy (non-hydrogen) atoms. The van der Waals surface area contributed by atoms with Crippen molar-refractivity contribution in [3.05, 3.63) is 11.6 Å². The first-order chi connectivity index (χ1) is 3.66. The molecule has 0 spiro atoms. The SMILES string of the molecule is C=C(N)SC(C)=NC. The van der Waals surface area contributed by atoms with Gasteiger partial charge < -0.3 is 5.73 Å². The molecule has 0 heterocycles. The van der Waals surface area contributed by atoms with E-state index in [9.17, 15) is 0 Å². The number of nitrogens with two attached hydrogens (primary N) is 1. The van der Waals surface area contributed by atoms with Crippen molar-refractivity contribution in [2.75, 3.05) is 7.05 Å². The van der Waals surface area contributed by atoms with Crippen LogP contribution in [0.4, 0.5) is 0 Å². The van der Waals surface area contributed by atoms with Crippen LogP contribution in [0.2, 0.25) is 0 Å². The second kappa shape index (κ2) is 3.55. The fourth-order valence-corrected chi connectivity index (χ4v) is 0.706. The van der Waals surface area contributed by atoms with E-state index in [1.54, 1.807) is 7.05 Å². The number of nitrogens with zero attached hydrogens (tertiary/aromatic N) is 1. The molecule has 0 aliphatic heterocycles. The minimum absolute atomic E-state index is 0.591. The summed E-state index contributed by atoms with van der Waals surface area (Å²) in [6.45, 7) is 5.39. The maximum Gasteiger partial charge on any atom is 0.0702 e. The van der Waals surface area contributed by atoms with E-state index in [0.29, 0.717) is 5.03 Å². The smallest absolute Gasteiger partial charge is 0.0702 e. The minimum Gasteiger partial charge on any atom is -0.394 e. The van der Waals surface area contributed by atoms with Crippen molar-refractivity contribution in [1.29, 1.82) is 0 Å². The van der Waals surface area contributed by atoms with E-state index < -0.39 is 0 Å². The normalized spacial score (nSPS) is 11.5. The standard InChI is InChI=1S/C5H10N2S/c1-4(6)8-5(2)7-3/h1,6H2,2-3H3. The molecule has 0 aromatic heterocycles. The zero-order valence-electron chi connectivity index (χ0n) is 5.14. The Bertz CT molecular complexity index is 118. The first-order valence-electron chi connectivity index (χ1n) is 2.22. The van der Waals surface area contributed by atoms with E-state index in [4.69, 9.17) is 5.73 Å². The van der Waals surface area contributed by atoms with Crippen LogP contribution >= 0.6 is 11.8 Å². The second-order valence-corrected chi connectivity index (χ2v) is 2.63. The molecule has 0 aliphatic rings. The lowest BCUT2D eigenvalue weighted by atomic mass is 10.9. The number of hydrogen-bond acceptors (Lipinski definition) is 3. The number of rotatable bonds is 1. The van der Waals surface area contributed by atoms with E-state index in [1.165, 1.54) is 11.8 Å². The molecule has 0 rings (SSSR count). The number of hydrogen-bond donors (Lipinski definition) is 1. The predicted molar refractivity (Wildman–Crippen MR) is 40.0 cm³/mol. The summed E-state index contributed by atoms with van der Waals surface area (Å²) in [6.07, 6.45) is 0. The summed E-state index contributed by atoms with van der Waals surface area (Å²) in [5.41, 5.74) is 5.26. The molecular weight excluding hydrogens is 120 g/mol. The number of aliphatic imine (C=N–C) groups is 1. The van der Waals surface area contributed by atoms with E-state index in [2.05, 4.69) is 11.6 Å². The van der Waals surface area contributed by atoms with E-state index >= 15 is 0 Å². The molecule has 3 heteroatoms. The van der Waals surface area contributed by atoms with Gasteiger partial charge in [-0.1, -0.05) is 18.3 Å². The highest BCUT2D eigenvalue weighted by molar-refractivity contribution is 8.17. The molecule has 46 valence electrons. The molecule has 0 unspecified atom stereocenters. The monoisotopic (exact) mass is 130 g/mol. The van der Waals surface area contributed by atoms with Crippen LogP contribution in [-0.4, -0.2) is 12.1 Å². The molecule has 0 aromatic carbocycles. The first kappa shape index (κ1) is 7.56. The van der Waals surface area contributed by atoms with E-state index in [0.717, 1.165) is 5.04 Å². The summed E-state index contributed by atoms with van der Waals surface area (Å²) in [6, 6.07) is 0. The van der Waals surface area contributed by atoms with Crippen molar-refractivity contribution in [2.24, 2.45) is 10.7 Å². The van der Waals surface area contributed by atoms with Crippen LogP contribution in [0.3, 0.4) is 0 Å². The van der Waals surface area contributed by atoms with Crippen molar-refractivity contribution in [3.8, 4) is 0 Å². The van der Waals surface area contributed by atoms with Gasteiger partial charge in [0.05, 0.1) is 10.1 Å². The Morgan fingerprint density at radius 2 is 2.25 bits per heavy atom. The van der Waals surface area contributed by atoms with Gasteiger partial charge in [-0.2, -0.15) is 0 Å². The number of thioether (sulfide) groups is 1. The maximum absolute atomic E-state index is 5.26. The first-order valence-corrected chi connectivity index (χ1v) is 3.04. The summed E-state index contributed by atoms with van der Waals surface area (Å²) in [5, 5.41) is 1.53.